The van der Waals surface area contributed by atoms with Crippen molar-refractivity contribution in [2.75, 3.05) is 18.6 Å². The molecule has 0 spiro atoms. The number of carbonyl (C=O) groups is 4. The van der Waals surface area contributed by atoms with Crippen molar-refractivity contribution in [1.82, 2.24) is 0 Å². The third-order valence-electron chi connectivity index (χ3n) is 6.07. The molecule has 0 N–H and O–H groups in total. The van der Waals surface area contributed by atoms with E-state index in [9.17, 15) is 29.3 Å². The Morgan fingerprint density at radius 1 is 0.919 bits per heavy atom. The second-order valence-corrected chi connectivity index (χ2v) is 8.17. The molecule has 1 aliphatic heterocycles. The van der Waals surface area contributed by atoms with Gasteiger partial charge in [-0.3, -0.25) is 29.4 Å². The fourth-order valence-corrected chi connectivity index (χ4v) is 4.25. The number of benzene rings is 3. The number of esters is 1. The molecular weight excluding hydrogens is 480 g/mol. The Morgan fingerprint density at radius 3 is 2.05 bits per heavy atom. The van der Waals surface area contributed by atoms with Gasteiger partial charge in [-0.2, -0.15) is 0 Å². The summed E-state index contributed by atoms with van der Waals surface area (Å²) >= 11 is 0. The Balaban J connectivity index is 1.78. The SMILES string of the molecule is CCOC(=O)c1ccc(N2C(=O)C(=O)C(C(=O)c3ccc([N+](=O)[O-])cc3)C2c2ccc(OC)cc2)cc1. The summed E-state index contributed by atoms with van der Waals surface area (Å²) in [6, 6.07) is 16.4. The highest BCUT2D eigenvalue weighted by molar-refractivity contribution is 6.49. The van der Waals surface area contributed by atoms with Crippen LogP contribution in [0.3, 0.4) is 0 Å². The summed E-state index contributed by atoms with van der Waals surface area (Å²) in [6.45, 7) is 1.88. The lowest BCUT2D eigenvalue weighted by molar-refractivity contribution is -0.384. The molecule has 0 aromatic heterocycles. The first kappa shape index (κ1) is 25.2. The van der Waals surface area contributed by atoms with Gasteiger partial charge in [-0.25, -0.2) is 4.79 Å². The van der Waals surface area contributed by atoms with E-state index in [0.29, 0.717) is 17.0 Å². The van der Waals surface area contributed by atoms with Gasteiger partial charge in [0.15, 0.2) is 5.78 Å². The zero-order chi connectivity index (χ0) is 26.7. The molecule has 188 valence electrons. The lowest BCUT2D eigenvalue weighted by Crippen LogP contribution is -2.30. The number of ether oxygens (including phenoxy) is 2. The van der Waals surface area contributed by atoms with E-state index in [2.05, 4.69) is 0 Å². The average molecular weight is 502 g/mol. The molecule has 0 bridgehead atoms. The molecule has 37 heavy (non-hydrogen) atoms. The van der Waals surface area contributed by atoms with Crippen molar-refractivity contribution in [1.29, 1.82) is 0 Å². The van der Waals surface area contributed by atoms with Gasteiger partial charge >= 0.3 is 5.97 Å². The second-order valence-electron chi connectivity index (χ2n) is 8.17. The van der Waals surface area contributed by atoms with Gasteiger partial charge in [0.05, 0.1) is 30.2 Å². The van der Waals surface area contributed by atoms with Gasteiger partial charge in [-0.15, -0.1) is 0 Å². The molecule has 2 atom stereocenters. The van der Waals surface area contributed by atoms with Gasteiger partial charge in [-0.1, -0.05) is 12.1 Å². The number of nitro benzene ring substituents is 1. The maximum atomic E-state index is 13.5. The molecule has 1 aliphatic rings. The number of non-ortho nitro benzene ring substituents is 1. The molecule has 4 rings (SSSR count). The standard InChI is InChI=1S/C27H22N2O8/c1-3-37-27(33)18-6-10-19(11-7-18)28-23(16-8-14-21(36-2)15-9-16)22(25(31)26(28)32)24(30)17-4-12-20(13-5-17)29(34)35/h4-15,22-23H,3H2,1-2H3. The number of nitrogens with zero attached hydrogens (tertiary/aromatic N) is 2. The fourth-order valence-electron chi connectivity index (χ4n) is 4.25. The Morgan fingerprint density at radius 2 is 1.51 bits per heavy atom. The maximum absolute atomic E-state index is 13.5. The van der Waals surface area contributed by atoms with Gasteiger partial charge in [0.25, 0.3) is 11.6 Å². The molecule has 0 aliphatic carbocycles. The van der Waals surface area contributed by atoms with Crippen molar-refractivity contribution in [2.24, 2.45) is 5.92 Å². The minimum atomic E-state index is -1.40. The first-order valence-electron chi connectivity index (χ1n) is 11.3. The van der Waals surface area contributed by atoms with E-state index in [4.69, 9.17) is 9.47 Å². The number of Topliss-reactive ketones (excluding diaryl/α,β-unsaturated/α-hetero) is 2. The van der Waals surface area contributed by atoms with Gasteiger partial charge in [0.2, 0.25) is 5.78 Å². The summed E-state index contributed by atoms with van der Waals surface area (Å²) in [6.07, 6.45) is 0. The van der Waals surface area contributed by atoms with E-state index in [1.165, 1.54) is 60.5 Å². The van der Waals surface area contributed by atoms with Crippen LogP contribution in [0.4, 0.5) is 11.4 Å². The number of methoxy groups -OCH3 is 1. The number of hydrogen-bond donors (Lipinski definition) is 0. The lowest BCUT2D eigenvalue weighted by Gasteiger charge is -2.27. The van der Waals surface area contributed by atoms with E-state index in [1.807, 2.05) is 0 Å². The number of hydrogen-bond acceptors (Lipinski definition) is 8. The van der Waals surface area contributed by atoms with Crippen molar-refractivity contribution in [3.05, 3.63) is 99.6 Å². The minimum Gasteiger partial charge on any atom is -0.497 e. The van der Waals surface area contributed by atoms with Crippen LogP contribution < -0.4 is 9.64 Å². The molecule has 10 nitrogen and oxygen atoms in total. The van der Waals surface area contributed by atoms with Crippen LogP contribution in [0.5, 0.6) is 5.75 Å². The molecular formula is C27H22N2O8. The van der Waals surface area contributed by atoms with Crippen molar-refractivity contribution < 1.29 is 33.6 Å². The van der Waals surface area contributed by atoms with Gasteiger partial charge in [0.1, 0.15) is 11.7 Å². The molecule has 10 heteroatoms. The number of carbonyl (C=O) groups excluding carboxylic acids is 4. The number of ketones is 2. The predicted octanol–water partition coefficient (Wildman–Crippen LogP) is 3.94. The summed E-state index contributed by atoms with van der Waals surface area (Å²) in [5.41, 5.74) is 0.944. The lowest BCUT2D eigenvalue weighted by atomic mass is 9.86. The van der Waals surface area contributed by atoms with Crippen LogP contribution in [0.25, 0.3) is 0 Å². The van der Waals surface area contributed by atoms with Gasteiger partial charge in [0, 0.05) is 23.4 Å². The molecule has 1 saturated heterocycles. The summed E-state index contributed by atoms with van der Waals surface area (Å²) in [5.74, 6) is -3.81. The van der Waals surface area contributed by atoms with Crippen LogP contribution in [0.2, 0.25) is 0 Å². The van der Waals surface area contributed by atoms with Crippen molar-refractivity contribution in [2.45, 2.75) is 13.0 Å². The molecule has 2 unspecified atom stereocenters. The predicted molar refractivity (Wildman–Crippen MR) is 132 cm³/mol. The van der Waals surface area contributed by atoms with Crippen LogP contribution >= 0.6 is 0 Å². The zero-order valence-corrected chi connectivity index (χ0v) is 20.0. The molecule has 1 heterocycles. The van der Waals surface area contributed by atoms with Gasteiger partial charge < -0.3 is 9.47 Å². The summed E-state index contributed by atoms with van der Waals surface area (Å²) in [7, 11) is 1.50. The van der Waals surface area contributed by atoms with E-state index in [0.717, 1.165) is 0 Å². The van der Waals surface area contributed by atoms with Crippen molar-refractivity contribution in [3.8, 4) is 5.75 Å². The molecule has 0 radical (unpaired) electrons. The van der Waals surface area contributed by atoms with Crippen LogP contribution in [-0.2, 0) is 14.3 Å². The van der Waals surface area contributed by atoms with Crippen molar-refractivity contribution >= 4 is 34.8 Å². The highest BCUT2D eigenvalue weighted by Gasteiger charge is 2.52. The molecule has 0 saturated carbocycles. The number of amides is 1. The van der Waals surface area contributed by atoms with E-state index in [1.54, 1.807) is 31.2 Å². The second kappa shape index (κ2) is 10.4. The summed E-state index contributed by atoms with van der Waals surface area (Å²) in [5, 5.41) is 11.0. The van der Waals surface area contributed by atoms with Crippen LogP contribution in [0.1, 0.15) is 39.2 Å². The zero-order valence-electron chi connectivity index (χ0n) is 20.0. The Kier molecular flexibility index (Phi) is 7.10. The topological polar surface area (TPSA) is 133 Å². The molecule has 3 aromatic rings. The Bertz CT molecular complexity index is 1370. The Hall–Kier alpha value is -4.86. The minimum absolute atomic E-state index is 0.0646. The highest BCUT2D eigenvalue weighted by atomic mass is 16.6. The number of nitro groups is 1. The molecule has 3 aromatic carbocycles. The third-order valence-corrected chi connectivity index (χ3v) is 6.07. The summed E-state index contributed by atoms with van der Waals surface area (Å²) in [4.78, 5) is 63.7. The first-order chi connectivity index (χ1) is 17.8. The first-order valence-corrected chi connectivity index (χ1v) is 11.3. The number of rotatable bonds is 8. The normalized spacial score (nSPS) is 17.0. The molecule has 1 amide bonds. The number of anilines is 1. The quantitative estimate of drug-likeness (QED) is 0.113. The highest BCUT2D eigenvalue weighted by Crippen LogP contribution is 2.41. The third kappa shape index (κ3) is 4.81. The monoisotopic (exact) mass is 502 g/mol. The maximum Gasteiger partial charge on any atom is 0.338 e. The van der Waals surface area contributed by atoms with Crippen LogP contribution in [0, 0.1) is 16.0 Å². The largest absolute Gasteiger partial charge is 0.497 e. The summed E-state index contributed by atoms with van der Waals surface area (Å²) < 4.78 is 10.2. The Labute approximate surface area is 211 Å². The van der Waals surface area contributed by atoms with E-state index < -0.39 is 40.3 Å². The van der Waals surface area contributed by atoms with E-state index >= 15 is 0 Å². The van der Waals surface area contributed by atoms with E-state index in [-0.39, 0.29) is 23.4 Å². The fraction of sp³-hybridized carbons (Fsp3) is 0.185. The van der Waals surface area contributed by atoms with Crippen molar-refractivity contribution in [3.63, 3.8) is 0 Å². The smallest absolute Gasteiger partial charge is 0.338 e. The molecule has 1 fully saturated rings. The van der Waals surface area contributed by atoms with Crippen LogP contribution in [0.15, 0.2) is 72.8 Å². The van der Waals surface area contributed by atoms with Gasteiger partial charge in [-0.05, 0) is 61.0 Å². The average Bonchev–Trinajstić information content (AvgIpc) is 3.18. The van der Waals surface area contributed by atoms with Crippen LogP contribution in [-0.4, -0.2) is 42.1 Å².